The number of likely N-dealkylation sites (tertiary alicyclic amines) is 1. The largest absolute Gasteiger partial charge is 0.451 e. The molecule has 0 bridgehead atoms. The fourth-order valence-electron chi connectivity index (χ4n) is 3.58. The van der Waals surface area contributed by atoms with Crippen molar-refractivity contribution in [3.63, 3.8) is 0 Å². The van der Waals surface area contributed by atoms with Crippen LogP contribution in [-0.4, -0.2) is 39.1 Å². The fraction of sp³-hybridized carbons (Fsp3) is 0.526. The summed E-state index contributed by atoms with van der Waals surface area (Å²) < 4.78 is 39.5. The molecule has 0 N–H and O–H groups in total. The van der Waals surface area contributed by atoms with Gasteiger partial charge in [0.2, 0.25) is 11.7 Å². The molecule has 2 aromatic rings. The van der Waals surface area contributed by atoms with Gasteiger partial charge in [-0.25, -0.2) is 9.97 Å². The topological polar surface area (TPSA) is 46.1 Å². The van der Waals surface area contributed by atoms with Crippen molar-refractivity contribution in [3.05, 3.63) is 30.1 Å². The van der Waals surface area contributed by atoms with Gasteiger partial charge in [0.1, 0.15) is 5.03 Å². The highest BCUT2D eigenvalue weighted by Gasteiger charge is 2.36. The van der Waals surface area contributed by atoms with E-state index in [4.69, 9.17) is 0 Å². The van der Waals surface area contributed by atoms with E-state index < -0.39 is 17.3 Å². The number of nitrogens with zero attached hydrogens (tertiary/aromatic N) is 3. The van der Waals surface area contributed by atoms with Gasteiger partial charge in [-0.15, -0.1) is 0 Å². The summed E-state index contributed by atoms with van der Waals surface area (Å²) in [6.45, 7) is 7.32. The minimum absolute atomic E-state index is 0.0605. The summed E-state index contributed by atoms with van der Waals surface area (Å²) in [4.78, 5) is 22.0. The number of halogens is 3. The lowest BCUT2D eigenvalue weighted by Gasteiger charge is -2.36. The number of piperidine rings is 1. The molecule has 1 aromatic heterocycles. The van der Waals surface area contributed by atoms with Gasteiger partial charge in [0.25, 0.3) is 0 Å². The molecule has 1 saturated heterocycles. The van der Waals surface area contributed by atoms with Crippen LogP contribution in [0, 0.1) is 11.8 Å². The molecule has 3 atom stereocenters. The first-order valence-corrected chi connectivity index (χ1v) is 9.82. The lowest BCUT2D eigenvalue weighted by molar-refractivity contribution is -0.145. The molecule has 2 heterocycles. The Bertz CT molecular complexity index is 833. The van der Waals surface area contributed by atoms with Gasteiger partial charge in [-0.05, 0) is 31.2 Å². The average Bonchev–Trinajstić information content (AvgIpc) is 2.59. The zero-order chi connectivity index (χ0) is 19.8. The molecule has 1 amide bonds. The monoisotopic (exact) mass is 397 g/mol. The van der Waals surface area contributed by atoms with Gasteiger partial charge < -0.3 is 4.90 Å². The number of thioether (sulfide) groups is 1. The van der Waals surface area contributed by atoms with E-state index in [2.05, 4.69) is 23.8 Å². The van der Waals surface area contributed by atoms with E-state index in [0.29, 0.717) is 30.3 Å². The third kappa shape index (κ3) is 4.54. The highest BCUT2D eigenvalue weighted by Crippen LogP contribution is 2.34. The van der Waals surface area contributed by atoms with Crippen LogP contribution in [0.5, 0.6) is 0 Å². The van der Waals surface area contributed by atoms with Gasteiger partial charge in [-0.2, -0.15) is 13.2 Å². The van der Waals surface area contributed by atoms with Gasteiger partial charge in [0, 0.05) is 18.5 Å². The van der Waals surface area contributed by atoms with Gasteiger partial charge in [0.05, 0.1) is 10.8 Å². The Morgan fingerprint density at radius 2 is 1.81 bits per heavy atom. The van der Waals surface area contributed by atoms with E-state index in [-0.39, 0.29) is 16.4 Å². The summed E-state index contributed by atoms with van der Waals surface area (Å²) in [5, 5.41) is 0.185. The third-order valence-corrected chi connectivity index (χ3v) is 5.73. The van der Waals surface area contributed by atoms with Gasteiger partial charge >= 0.3 is 6.18 Å². The summed E-state index contributed by atoms with van der Waals surface area (Å²) in [6, 6.07) is 6.56. The number of hydrogen-bond donors (Lipinski definition) is 0. The van der Waals surface area contributed by atoms with E-state index >= 15 is 0 Å². The summed E-state index contributed by atoms with van der Waals surface area (Å²) in [6.07, 6.45) is -3.55. The zero-order valence-electron chi connectivity index (χ0n) is 15.5. The maximum atomic E-state index is 13.2. The standard InChI is InChI=1S/C19H22F3N3OS/c1-11-8-12(2)10-25(9-11)17(26)13(3)27-16-14-6-4-5-7-15(14)23-18(24-16)19(20,21)22/h4-7,11-13H,8-10H2,1-3H3/t11-,12+,13-/m0/s1. The summed E-state index contributed by atoms with van der Waals surface area (Å²) in [5.74, 6) is -0.392. The molecule has 1 aliphatic rings. The molecular weight excluding hydrogens is 375 g/mol. The summed E-state index contributed by atoms with van der Waals surface area (Å²) >= 11 is 1.07. The number of hydrogen-bond acceptors (Lipinski definition) is 4. The van der Waals surface area contributed by atoms with Crippen LogP contribution < -0.4 is 0 Å². The predicted octanol–water partition coefficient (Wildman–Crippen LogP) is 4.63. The molecule has 27 heavy (non-hydrogen) atoms. The van der Waals surface area contributed by atoms with Crippen molar-refractivity contribution < 1.29 is 18.0 Å². The minimum atomic E-state index is -4.63. The molecule has 3 rings (SSSR count). The minimum Gasteiger partial charge on any atom is -0.341 e. The molecule has 1 aromatic carbocycles. The number of carbonyl (C=O) groups is 1. The Morgan fingerprint density at radius 1 is 1.19 bits per heavy atom. The molecule has 0 unspecified atom stereocenters. The maximum Gasteiger partial charge on any atom is 0.451 e. The van der Waals surface area contributed by atoms with Crippen LogP contribution in [-0.2, 0) is 11.0 Å². The molecule has 0 radical (unpaired) electrons. The molecule has 0 saturated carbocycles. The van der Waals surface area contributed by atoms with Crippen molar-refractivity contribution in [2.24, 2.45) is 11.8 Å². The zero-order valence-corrected chi connectivity index (χ0v) is 16.3. The van der Waals surface area contributed by atoms with Crippen molar-refractivity contribution in [1.82, 2.24) is 14.9 Å². The molecule has 0 aliphatic carbocycles. The van der Waals surface area contributed by atoms with E-state index in [1.165, 1.54) is 6.07 Å². The van der Waals surface area contributed by atoms with Crippen molar-refractivity contribution in [3.8, 4) is 0 Å². The summed E-state index contributed by atoms with van der Waals surface area (Å²) in [5.41, 5.74) is 0.224. The Balaban J connectivity index is 1.88. The Labute approximate surface area is 160 Å². The molecule has 8 heteroatoms. The Kier molecular flexibility index (Phi) is 5.65. The lowest BCUT2D eigenvalue weighted by Crippen LogP contribution is -2.45. The highest BCUT2D eigenvalue weighted by molar-refractivity contribution is 8.00. The van der Waals surface area contributed by atoms with E-state index in [0.717, 1.165) is 18.2 Å². The van der Waals surface area contributed by atoms with Gasteiger partial charge in [-0.3, -0.25) is 4.79 Å². The number of carbonyl (C=O) groups excluding carboxylic acids is 1. The van der Waals surface area contributed by atoms with Crippen LogP contribution in [0.25, 0.3) is 10.9 Å². The van der Waals surface area contributed by atoms with Crippen molar-refractivity contribution in [2.45, 2.75) is 43.6 Å². The van der Waals surface area contributed by atoms with Crippen LogP contribution in [0.1, 0.15) is 33.0 Å². The van der Waals surface area contributed by atoms with Crippen LogP contribution in [0.15, 0.2) is 29.3 Å². The van der Waals surface area contributed by atoms with Gasteiger partial charge in [-0.1, -0.05) is 43.8 Å². The number of alkyl halides is 3. The second-order valence-corrected chi connectivity index (χ2v) is 8.65. The van der Waals surface area contributed by atoms with E-state index in [1.807, 2.05) is 4.90 Å². The number of para-hydroxylation sites is 1. The van der Waals surface area contributed by atoms with Crippen LogP contribution >= 0.6 is 11.8 Å². The second-order valence-electron chi connectivity index (χ2n) is 7.32. The van der Waals surface area contributed by atoms with E-state index in [1.54, 1.807) is 25.1 Å². The first-order valence-electron chi connectivity index (χ1n) is 8.94. The Hall–Kier alpha value is -1.83. The van der Waals surface area contributed by atoms with Crippen LogP contribution in [0.2, 0.25) is 0 Å². The number of aromatic nitrogens is 2. The van der Waals surface area contributed by atoms with Crippen molar-refractivity contribution >= 4 is 28.6 Å². The smallest absolute Gasteiger partial charge is 0.341 e. The summed E-state index contributed by atoms with van der Waals surface area (Å²) in [7, 11) is 0. The first kappa shape index (κ1) is 19.9. The quantitative estimate of drug-likeness (QED) is 0.559. The molecule has 1 aliphatic heterocycles. The predicted molar refractivity (Wildman–Crippen MR) is 99.4 cm³/mol. The number of amides is 1. The van der Waals surface area contributed by atoms with Crippen molar-refractivity contribution in [2.75, 3.05) is 13.1 Å². The van der Waals surface area contributed by atoms with E-state index in [9.17, 15) is 18.0 Å². The average molecular weight is 397 g/mol. The lowest BCUT2D eigenvalue weighted by atomic mass is 9.92. The second kappa shape index (κ2) is 7.66. The van der Waals surface area contributed by atoms with Crippen molar-refractivity contribution in [1.29, 1.82) is 0 Å². The molecule has 0 spiro atoms. The normalized spacial score (nSPS) is 22.1. The first-order chi connectivity index (χ1) is 12.6. The molecule has 146 valence electrons. The van der Waals surface area contributed by atoms with Crippen LogP contribution in [0.4, 0.5) is 13.2 Å². The molecular formula is C19H22F3N3OS. The number of rotatable bonds is 3. The number of fused-ring (bicyclic) bond motifs is 1. The fourth-order valence-corrected chi connectivity index (χ4v) is 4.61. The van der Waals surface area contributed by atoms with Crippen LogP contribution in [0.3, 0.4) is 0 Å². The third-order valence-electron chi connectivity index (χ3n) is 4.64. The van der Waals surface area contributed by atoms with Gasteiger partial charge in [0.15, 0.2) is 0 Å². The number of benzene rings is 1. The SMILES string of the molecule is C[C@@H]1C[C@H](C)CN(C(=O)[C@H](C)Sc2nc(C(F)(F)F)nc3ccccc23)C1. The maximum absolute atomic E-state index is 13.2. The molecule has 1 fully saturated rings. The highest BCUT2D eigenvalue weighted by atomic mass is 32.2. The molecule has 4 nitrogen and oxygen atoms in total. The Morgan fingerprint density at radius 3 is 2.44 bits per heavy atom.